The molecule has 2 nitrogen and oxygen atoms in total. The van der Waals surface area contributed by atoms with Crippen molar-refractivity contribution in [2.45, 2.75) is 64.6 Å². The number of hydrogen-bond acceptors (Lipinski definition) is 2. The van der Waals surface area contributed by atoms with Crippen molar-refractivity contribution >= 4 is 0 Å². The third-order valence-electron chi connectivity index (χ3n) is 4.45. The maximum Gasteiger partial charge on any atom is 0.0810 e. The van der Waals surface area contributed by atoms with Crippen molar-refractivity contribution in [1.29, 1.82) is 0 Å². The quantitative estimate of drug-likeness (QED) is 0.741. The molecule has 0 bridgehead atoms. The first kappa shape index (κ1) is 12.4. The van der Waals surface area contributed by atoms with Crippen LogP contribution < -0.4 is 5.32 Å². The molecule has 3 unspecified atom stereocenters. The van der Waals surface area contributed by atoms with Crippen LogP contribution >= 0.6 is 0 Å². The molecule has 0 amide bonds. The molecule has 1 N–H and O–H groups in total. The average molecular weight is 225 g/mol. The fourth-order valence-electron chi connectivity index (χ4n) is 3.38. The lowest BCUT2D eigenvalue weighted by atomic mass is 9.87. The number of morpholine rings is 1. The first-order chi connectivity index (χ1) is 7.61. The number of nitrogens with one attached hydrogen (secondary N) is 1. The van der Waals surface area contributed by atoms with Gasteiger partial charge in [0, 0.05) is 13.1 Å². The molecule has 1 heterocycles. The van der Waals surface area contributed by atoms with Gasteiger partial charge in [-0.2, -0.15) is 0 Å². The molecule has 0 aromatic carbocycles. The van der Waals surface area contributed by atoms with Crippen LogP contribution in [0.4, 0.5) is 0 Å². The summed E-state index contributed by atoms with van der Waals surface area (Å²) in [7, 11) is 0. The van der Waals surface area contributed by atoms with Crippen LogP contribution in [0.2, 0.25) is 0 Å². The van der Waals surface area contributed by atoms with Gasteiger partial charge in [-0.05, 0) is 38.0 Å². The summed E-state index contributed by atoms with van der Waals surface area (Å²) in [4.78, 5) is 0. The predicted molar refractivity (Wildman–Crippen MR) is 67.6 cm³/mol. The zero-order valence-corrected chi connectivity index (χ0v) is 11.1. The van der Waals surface area contributed by atoms with Gasteiger partial charge in [-0.25, -0.2) is 0 Å². The maximum absolute atomic E-state index is 6.26. The Kier molecular flexibility index (Phi) is 3.91. The minimum atomic E-state index is 0.168. The Morgan fingerprint density at radius 1 is 1.25 bits per heavy atom. The molecule has 2 heteroatoms. The van der Waals surface area contributed by atoms with Crippen molar-refractivity contribution in [2.75, 3.05) is 13.1 Å². The molecule has 0 radical (unpaired) electrons. The minimum absolute atomic E-state index is 0.168. The SMILES string of the molecule is CC1CNCC2(CCCC(C(C)C)CC2)O1. The maximum atomic E-state index is 6.26. The second kappa shape index (κ2) is 5.05. The lowest BCUT2D eigenvalue weighted by Gasteiger charge is -2.40. The monoisotopic (exact) mass is 225 g/mol. The highest BCUT2D eigenvalue weighted by atomic mass is 16.5. The summed E-state index contributed by atoms with van der Waals surface area (Å²) >= 11 is 0. The van der Waals surface area contributed by atoms with E-state index in [1.807, 2.05) is 0 Å². The second-order valence-corrected chi connectivity index (χ2v) is 6.18. The summed E-state index contributed by atoms with van der Waals surface area (Å²) in [5.74, 6) is 1.75. The van der Waals surface area contributed by atoms with Gasteiger partial charge in [0.25, 0.3) is 0 Å². The molecular weight excluding hydrogens is 198 g/mol. The van der Waals surface area contributed by atoms with Crippen molar-refractivity contribution in [1.82, 2.24) is 5.32 Å². The van der Waals surface area contributed by atoms with Crippen molar-refractivity contribution in [3.63, 3.8) is 0 Å². The van der Waals surface area contributed by atoms with Crippen LogP contribution in [0.1, 0.15) is 52.9 Å². The molecule has 1 spiro atoms. The van der Waals surface area contributed by atoms with E-state index in [4.69, 9.17) is 4.74 Å². The van der Waals surface area contributed by atoms with Crippen LogP contribution in [0, 0.1) is 11.8 Å². The third kappa shape index (κ3) is 2.78. The lowest BCUT2D eigenvalue weighted by Crippen LogP contribution is -2.52. The first-order valence-corrected chi connectivity index (χ1v) is 7.00. The highest BCUT2D eigenvalue weighted by Gasteiger charge is 2.37. The second-order valence-electron chi connectivity index (χ2n) is 6.18. The zero-order chi connectivity index (χ0) is 11.6. The van der Waals surface area contributed by atoms with E-state index in [9.17, 15) is 0 Å². The number of rotatable bonds is 1. The summed E-state index contributed by atoms with van der Waals surface area (Å²) in [5.41, 5.74) is 0.168. The molecule has 0 aromatic rings. The summed E-state index contributed by atoms with van der Waals surface area (Å²) < 4.78 is 6.26. The topological polar surface area (TPSA) is 21.3 Å². The zero-order valence-electron chi connectivity index (χ0n) is 11.1. The van der Waals surface area contributed by atoms with Gasteiger partial charge < -0.3 is 10.1 Å². The highest BCUT2D eigenvalue weighted by Crippen LogP contribution is 2.37. The van der Waals surface area contributed by atoms with Crippen molar-refractivity contribution in [2.24, 2.45) is 11.8 Å². The van der Waals surface area contributed by atoms with Crippen LogP contribution in [-0.2, 0) is 4.74 Å². The van der Waals surface area contributed by atoms with E-state index in [1.54, 1.807) is 0 Å². The smallest absolute Gasteiger partial charge is 0.0810 e. The lowest BCUT2D eigenvalue weighted by molar-refractivity contribution is -0.117. The standard InChI is InChI=1S/C14H27NO/c1-11(2)13-5-4-7-14(8-6-13)10-15-9-12(3)16-14/h11-13,15H,4-10H2,1-3H3. The van der Waals surface area contributed by atoms with Gasteiger partial charge in [0.05, 0.1) is 11.7 Å². The summed E-state index contributed by atoms with van der Waals surface area (Å²) in [6.07, 6.45) is 7.01. The van der Waals surface area contributed by atoms with E-state index >= 15 is 0 Å². The highest BCUT2D eigenvalue weighted by molar-refractivity contribution is 4.91. The van der Waals surface area contributed by atoms with E-state index in [0.29, 0.717) is 6.10 Å². The van der Waals surface area contributed by atoms with Crippen LogP contribution in [-0.4, -0.2) is 24.8 Å². The van der Waals surface area contributed by atoms with Gasteiger partial charge in [-0.3, -0.25) is 0 Å². The average Bonchev–Trinajstić information content (AvgIpc) is 2.41. The van der Waals surface area contributed by atoms with E-state index in [0.717, 1.165) is 24.9 Å². The van der Waals surface area contributed by atoms with Gasteiger partial charge in [0.15, 0.2) is 0 Å². The van der Waals surface area contributed by atoms with Gasteiger partial charge in [0.2, 0.25) is 0 Å². The molecule has 2 fully saturated rings. The van der Waals surface area contributed by atoms with Gasteiger partial charge in [-0.15, -0.1) is 0 Å². The largest absolute Gasteiger partial charge is 0.369 e. The Labute approximate surface area is 100 Å². The van der Waals surface area contributed by atoms with Crippen molar-refractivity contribution in [3.05, 3.63) is 0 Å². The fraction of sp³-hybridized carbons (Fsp3) is 1.00. The molecule has 94 valence electrons. The van der Waals surface area contributed by atoms with Crippen LogP contribution in [0.25, 0.3) is 0 Å². The van der Waals surface area contributed by atoms with Gasteiger partial charge in [-0.1, -0.05) is 26.7 Å². The van der Waals surface area contributed by atoms with E-state index in [1.165, 1.54) is 32.1 Å². The van der Waals surface area contributed by atoms with Crippen LogP contribution in [0.3, 0.4) is 0 Å². The van der Waals surface area contributed by atoms with E-state index < -0.39 is 0 Å². The van der Waals surface area contributed by atoms with Crippen LogP contribution in [0.5, 0.6) is 0 Å². The predicted octanol–water partition coefficient (Wildman–Crippen LogP) is 2.97. The van der Waals surface area contributed by atoms with Gasteiger partial charge in [0.1, 0.15) is 0 Å². The molecule has 0 aromatic heterocycles. The minimum Gasteiger partial charge on any atom is -0.369 e. The molecule has 2 rings (SSSR count). The molecule has 1 saturated carbocycles. The van der Waals surface area contributed by atoms with Gasteiger partial charge >= 0.3 is 0 Å². The molecule has 16 heavy (non-hydrogen) atoms. The molecule has 3 atom stereocenters. The van der Waals surface area contributed by atoms with E-state index in [2.05, 4.69) is 26.1 Å². The van der Waals surface area contributed by atoms with Crippen molar-refractivity contribution < 1.29 is 4.74 Å². The Balaban J connectivity index is 1.96. The Hall–Kier alpha value is -0.0800. The molecule has 1 aliphatic heterocycles. The third-order valence-corrected chi connectivity index (χ3v) is 4.45. The Bertz CT molecular complexity index is 229. The van der Waals surface area contributed by atoms with Crippen molar-refractivity contribution in [3.8, 4) is 0 Å². The number of hydrogen-bond donors (Lipinski definition) is 1. The first-order valence-electron chi connectivity index (χ1n) is 7.00. The molecular formula is C14H27NO. The molecule has 2 aliphatic rings. The Morgan fingerprint density at radius 2 is 2.06 bits per heavy atom. The summed E-state index contributed by atoms with van der Waals surface area (Å²) in [6.45, 7) is 9.02. The molecule has 1 aliphatic carbocycles. The van der Waals surface area contributed by atoms with Crippen LogP contribution in [0.15, 0.2) is 0 Å². The fourth-order valence-corrected chi connectivity index (χ4v) is 3.38. The summed E-state index contributed by atoms with van der Waals surface area (Å²) in [6, 6.07) is 0. The summed E-state index contributed by atoms with van der Waals surface area (Å²) in [5, 5.41) is 3.54. The molecule has 1 saturated heterocycles. The number of ether oxygens (including phenoxy) is 1. The Morgan fingerprint density at radius 3 is 2.75 bits per heavy atom. The normalized spacial score (nSPS) is 41.2. The van der Waals surface area contributed by atoms with E-state index in [-0.39, 0.29) is 5.60 Å².